The quantitative estimate of drug-likeness (QED) is 0.375. The molecule has 12 heteroatoms. The molecule has 0 spiro atoms. The van der Waals surface area contributed by atoms with Crippen molar-refractivity contribution in [1.29, 1.82) is 0 Å². The fourth-order valence-corrected chi connectivity index (χ4v) is 5.17. The summed E-state index contributed by atoms with van der Waals surface area (Å²) in [4.78, 5) is 44.0. The molecule has 1 fully saturated rings. The van der Waals surface area contributed by atoms with E-state index in [1.165, 1.54) is 18.4 Å². The maximum Gasteiger partial charge on any atom is 0.407 e. The molecule has 1 saturated heterocycles. The number of piperidine rings is 1. The van der Waals surface area contributed by atoms with Crippen molar-refractivity contribution < 1.29 is 28.3 Å². The molecular weight excluding hydrogens is 500 g/mol. The van der Waals surface area contributed by atoms with Gasteiger partial charge in [-0.1, -0.05) is 20.8 Å². The Morgan fingerprint density at radius 3 is 2.47 bits per heavy atom. The van der Waals surface area contributed by atoms with Crippen LogP contribution in [0.1, 0.15) is 64.9 Å². The SMILES string of the molecule is COC(=O)[C@H](CO[Si](C)(C)C(C)(C)C)NC(=O)c1csc(N2CCC[C@H](NC(=O)OC(C)(C)C)C2)n1. The van der Waals surface area contributed by atoms with Crippen LogP contribution in [0.25, 0.3) is 0 Å². The van der Waals surface area contributed by atoms with Gasteiger partial charge in [-0.2, -0.15) is 0 Å². The highest BCUT2D eigenvalue weighted by Crippen LogP contribution is 2.36. The molecule has 0 aromatic carbocycles. The number of aromatic nitrogens is 1. The Hall–Kier alpha value is -2.18. The number of nitrogens with zero attached hydrogens (tertiary/aromatic N) is 2. The number of alkyl carbamates (subject to hydrolysis) is 1. The molecule has 2 amide bonds. The summed E-state index contributed by atoms with van der Waals surface area (Å²) in [7, 11) is -0.841. The van der Waals surface area contributed by atoms with Gasteiger partial charge in [-0.25, -0.2) is 14.6 Å². The van der Waals surface area contributed by atoms with Crippen molar-refractivity contribution in [1.82, 2.24) is 15.6 Å². The third-order valence-electron chi connectivity index (χ3n) is 6.35. The van der Waals surface area contributed by atoms with E-state index >= 15 is 0 Å². The Bertz CT molecular complexity index is 924. The van der Waals surface area contributed by atoms with E-state index in [0.29, 0.717) is 11.7 Å². The van der Waals surface area contributed by atoms with Gasteiger partial charge in [0.05, 0.1) is 13.7 Å². The van der Waals surface area contributed by atoms with E-state index in [4.69, 9.17) is 13.9 Å². The zero-order valence-electron chi connectivity index (χ0n) is 23.0. The number of esters is 1. The van der Waals surface area contributed by atoms with E-state index < -0.39 is 37.9 Å². The lowest BCUT2D eigenvalue weighted by atomic mass is 10.1. The minimum atomic E-state index is -2.13. The summed E-state index contributed by atoms with van der Waals surface area (Å²) in [5, 5.41) is 7.95. The van der Waals surface area contributed by atoms with Crippen LogP contribution in [0.4, 0.5) is 9.93 Å². The molecule has 0 bridgehead atoms. The summed E-state index contributed by atoms with van der Waals surface area (Å²) < 4.78 is 16.4. The number of nitrogens with one attached hydrogen (secondary N) is 2. The Kier molecular flexibility index (Phi) is 9.94. The van der Waals surface area contributed by atoms with Crippen molar-refractivity contribution in [3.05, 3.63) is 11.1 Å². The van der Waals surface area contributed by atoms with E-state index in [9.17, 15) is 14.4 Å². The maximum atomic E-state index is 12.9. The van der Waals surface area contributed by atoms with Gasteiger partial charge in [-0.15, -0.1) is 11.3 Å². The zero-order valence-corrected chi connectivity index (χ0v) is 24.8. The van der Waals surface area contributed by atoms with Crippen LogP contribution in [0.3, 0.4) is 0 Å². The van der Waals surface area contributed by atoms with Gasteiger partial charge in [0.15, 0.2) is 13.4 Å². The van der Waals surface area contributed by atoms with Gasteiger partial charge in [0.25, 0.3) is 5.91 Å². The first-order valence-electron chi connectivity index (χ1n) is 12.2. The Morgan fingerprint density at radius 2 is 1.89 bits per heavy atom. The van der Waals surface area contributed by atoms with Crippen LogP contribution in [0, 0.1) is 0 Å². The Labute approximate surface area is 219 Å². The van der Waals surface area contributed by atoms with E-state index in [-0.39, 0.29) is 23.4 Å². The van der Waals surface area contributed by atoms with Crippen molar-refractivity contribution in [3.63, 3.8) is 0 Å². The predicted octanol–water partition coefficient (Wildman–Crippen LogP) is 3.93. The highest BCUT2D eigenvalue weighted by atomic mass is 32.1. The Morgan fingerprint density at radius 1 is 1.22 bits per heavy atom. The van der Waals surface area contributed by atoms with Gasteiger partial charge in [0, 0.05) is 24.5 Å². The number of hydrogen-bond acceptors (Lipinski definition) is 9. The number of methoxy groups -OCH3 is 1. The third kappa shape index (κ3) is 8.73. The van der Waals surface area contributed by atoms with E-state index in [1.54, 1.807) is 5.38 Å². The zero-order chi connectivity index (χ0) is 27.3. The lowest BCUT2D eigenvalue weighted by Crippen LogP contribution is -2.49. The number of amides is 2. The fraction of sp³-hybridized carbons (Fsp3) is 0.750. The van der Waals surface area contributed by atoms with Crippen molar-refractivity contribution in [3.8, 4) is 0 Å². The topological polar surface area (TPSA) is 119 Å². The first-order chi connectivity index (χ1) is 16.5. The average molecular weight is 543 g/mol. The van der Waals surface area contributed by atoms with Gasteiger partial charge in [0.1, 0.15) is 17.3 Å². The van der Waals surface area contributed by atoms with Gasteiger partial charge >= 0.3 is 12.1 Å². The van der Waals surface area contributed by atoms with Crippen LogP contribution in [0.15, 0.2) is 5.38 Å². The minimum Gasteiger partial charge on any atom is -0.467 e. The standard InChI is InChI=1S/C24H42N4O6SSi/c1-23(2,3)34-22(31)25-16-11-10-12-28(13-16)21-27-18(15-35-21)19(29)26-17(20(30)32-7)14-33-36(8,9)24(4,5)6/h15-17H,10-14H2,1-9H3,(H,25,31)(H,26,29)/t16-,17-/m0/s1. The highest BCUT2D eigenvalue weighted by molar-refractivity contribution is 7.13. The monoisotopic (exact) mass is 542 g/mol. The average Bonchev–Trinajstić information content (AvgIpc) is 3.24. The van der Waals surface area contributed by atoms with Gasteiger partial charge in [0.2, 0.25) is 0 Å². The molecule has 1 aromatic rings. The molecule has 0 saturated carbocycles. The maximum absolute atomic E-state index is 12.9. The smallest absolute Gasteiger partial charge is 0.407 e. The Balaban J connectivity index is 2.01. The summed E-state index contributed by atoms with van der Waals surface area (Å²) in [5.74, 6) is -1.03. The molecule has 0 aliphatic carbocycles. The van der Waals surface area contributed by atoms with Crippen molar-refractivity contribution >= 4 is 42.8 Å². The second kappa shape index (κ2) is 11.9. The molecule has 1 aromatic heterocycles. The second-order valence-corrected chi connectivity index (χ2v) is 17.2. The number of carbonyl (C=O) groups excluding carboxylic acids is 3. The molecule has 204 valence electrons. The number of thiazole rings is 1. The van der Waals surface area contributed by atoms with Crippen LogP contribution in [0.5, 0.6) is 0 Å². The van der Waals surface area contributed by atoms with Crippen LogP contribution in [-0.4, -0.2) is 75.8 Å². The molecule has 2 heterocycles. The first kappa shape index (κ1) is 30.0. The molecule has 1 aliphatic heterocycles. The lowest BCUT2D eigenvalue weighted by molar-refractivity contribution is -0.143. The largest absolute Gasteiger partial charge is 0.467 e. The lowest BCUT2D eigenvalue weighted by Gasteiger charge is -2.37. The summed E-state index contributed by atoms with van der Waals surface area (Å²) >= 11 is 1.35. The molecule has 1 aliphatic rings. The van der Waals surface area contributed by atoms with Crippen LogP contribution < -0.4 is 15.5 Å². The molecule has 0 unspecified atom stereocenters. The van der Waals surface area contributed by atoms with Crippen LogP contribution in [0.2, 0.25) is 18.1 Å². The molecule has 2 rings (SSSR count). The number of carbonyl (C=O) groups is 3. The molecular formula is C24H42N4O6SSi. The molecule has 2 N–H and O–H groups in total. The van der Waals surface area contributed by atoms with Gasteiger partial charge in [-0.3, -0.25) is 4.79 Å². The van der Waals surface area contributed by atoms with Crippen molar-refractivity contribution in [2.45, 2.75) is 90.2 Å². The van der Waals surface area contributed by atoms with E-state index in [2.05, 4.69) is 49.5 Å². The second-order valence-electron chi connectivity index (χ2n) is 11.6. The van der Waals surface area contributed by atoms with Crippen LogP contribution >= 0.6 is 11.3 Å². The number of hydrogen-bond donors (Lipinski definition) is 2. The summed E-state index contributed by atoms with van der Waals surface area (Å²) in [6, 6.07) is -1.01. The number of anilines is 1. The summed E-state index contributed by atoms with van der Waals surface area (Å²) in [6.45, 7) is 17.3. The van der Waals surface area contributed by atoms with Crippen molar-refractivity contribution in [2.75, 3.05) is 31.7 Å². The third-order valence-corrected chi connectivity index (χ3v) is 11.7. The first-order valence-corrected chi connectivity index (χ1v) is 16.0. The molecule has 10 nitrogen and oxygen atoms in total. The molecule has 36 heavy (non-hydrogen) atoms. The predicted molar refractivity (Wildman–Crippen MR) is 143 cm³/mol. The minimum absolute atomic E-state index is 0.0356. The number of rotatable bonds is 8. The summed E-state index contributed by atoms with van der Waals surface area (Å²) in [6.07, 6.45) is 1.27. The number of ether oxygens (including phenoxy) is 2. The normalized spacial score (nSPS) is 17.8. The van der Waals surface area contributed by atoms with Gasteiger partial charge in [-0.05, 0) is 51.7 Å². The molecule has 0 radical (unpaired) electrons. The van der Waals surface area contributed by atoms with Crippen LogP contribution in [-0.2, 0) is 18.7 Å². The van der Waals surface area contributed by atoms with E-state index in [0.717, 1.165) is 19.4 Å². The van der Waals surface area contributed by atoms with Crippen molar-refractivity contribution in [2.24, 2.45) is 0 Å². The fourth-order valence-electron chi connectivity index (χ4n) is 3.31. The summed E-state index contributed by atoms with van der Waals surface area (Å²) in [5.41, 5.74) is -0.341. The van der Waals surface area contributed by atoms with E-state index in [1.807, 2.05) is 25.7 Å². The molecule has 2 atom stereocenters. The highest BCUT2D eigenvalue weighted by Gasteiger charge is 2.38. The van der Waals surface area contributed by atoms with Gasteiger partial charge < -0.3 is 29.4 Å².